The van der Waals surface area contributed by atoms with Gasteiger partial charge in [-0.1, -0.05) is 18.2 Å². The molecule has 0 unspecified atom stereocenters. The number of pyridine rings is 1. The Morgan fingerprint density at radius 3 is 2.68 bits per heavy atom. The molecular weight excluding hydrogens is 330 g/mol. The normalized spacial score (nSPS) is 14.6. The second-order valence-electron chi connectivity index (χ2n) is 6.26. The van der Waals surface area contributed by atoms with E-state index in [1.165, 1.54) is 0 Å². The van der Waals surface area contributed by atoms with Crippen molar-refractivity contribution in [2.45, 2.75) is 37.6 Å². The molecule has 0 aliphatic heterocycles. The third kappa shape index (κ3) is 4.61. The Kier molecular flexibility index (Phi) is 5.72. The molecule has 1 aromatic heterocycles. The first-order chi connectivity index (χ1) is 12.2. The predicted molar refractivity (Wildman–Crippen MR) is 99.8 cm³/mol. The van der Waals surface area contributed by atoms with Crippen LogP contribution in [-0.4, -0.2) is 27.6 Å². The molecule has 1 aliphatic carbocycles. The molecule has 25 heavy (non-hydrogen) atoms. The minimum absolute atomic E-state index is 0.0108. The molecule has 1 atom stereocenters. The topological polar surface area (TPSA) is 57.0 Å². The van der Waals surface area contributed by atoms with Gasteiger partial charge < -0.3 is 4.90 Å². The van der Waals surface area contributed by atoms with Gasteiger partial charge in [-0.3, -0.25) is 9.78 Å². The summed E-state index contributed by atoms with van der Waals surface area (Å²) < 4.78 is 0. The molecule has 1 aromatic carbocycles. The highest BCUT2D eigenvalue weighted by atomic mass is 32.2. The van der Waals surface area contributed by atoms with E-state index in [4.69, 9.17) is 5.26 Å². The molecule has 2 aromatic rings. The van der Waals surface area contributed by atoms with Crippen molar-refractivity contribution in [1.29, 1.82) is 5.26 Å². The smallest absolute Gasteiger partial charge is 0.233 e. The van der Waals surface area contributed by atoms with Crippen LogP contribution in [0.1, 0.15) is 42.6 Å². The van der Waals surface area contributed by atoms with Crippen LogP contribution >= 0.6 is 11.8 Å². The lowest BCUT2D eigenvalue weighted by molar-refractivity contribution is -0.131. The van der Waals surface area contributed by atoms with Gasteiger partial charge in [-0.25, -0.2) is 0 Å². The molecule has 1 amide bonds. The Morgan fingerprint density at radius 1 is 1.32 bits per heavy atom. The van der Waals surface area contributed by atoms with Crippen LogP contribution in [0.15, 0.2) is 48.7 Å². The fourth-order valence-electron chi connectivity index (χ4n) is 2.86. The van der Waals surface area contributed by atoms with E-state index in [0.29, 0.717) is 17.4 Å². The number of carbonyl (C=O) groups excluding carboxylic acids is 1. The number of carbonyl (C=O) groups is 1. The summed E-state index contributed by atoms with van der Waals surface area (Å²) in [5.74, 6) is 1.42. The molecule has 0 N–H and O–H groups in total. The highest BCUT2D eigenvalue weighted by molar-refractivity contribution is 7.99. The summed E-state index contributed by atoms with van der Waals surface area (Å²) in [6.45, 7) is 2.06. The molecule has 0 bridgehead atoms. The summed E-state index contributed by atoms with van der Waals surface area (Å²) in [6, 6.07) is 15.9. The third-order valence-electron chi connectivity index (χ3n) is 4.34. The molecule has 4 nitrogen and oxygen atoms in total. The molecule has 1 heterocycles. The zero-order valence-corrected chi connectivity index (χ0v) is 15.1. The number of amides is 1. The lowest BCUT2D eigenvalue weighted by Gasteiger charge is -2.29. The van der Waals surface area contributed by atoms with Gasteiger partial charge in [0, 0.05) is 18.0 Å². The zero-order valence-electron chi connectivity index (χ0n) is 14.3. The van der Waals surface area contributed by atoms with Crippen molar-refractivity contribution in [3.05, 3.63) is 65.5 Å². The lowest BCUT2D eigenvalue weighted by atomic mass is 10.1. The number of aromatic nitrogens is 1. The van der Waals surface area contributed by atoms with Crippen molar-refractivity contribution in [2.24, 2.45) is 0 Å². The molecule has 1 aliphatic rings. The zero-order chi connectivity index (χ0) is 17.6. The van der Waals surface area contributed by atoms with Gasteiger partial charge in [-0.2, -0.15) is 5.26 Å². The summed E-state index contributed by atoms with van der Waals surface area (Å²) in [4.78, 5) is 19.2. The molecule has 0 radical (unpaired) electrons. The van der Waals surface area contributed by atoms with Gasteiger partial charge in [0.05, 0.1) is 29.1 Å². The van der Waals surface area contributed by atoms with E-state index >= 15 is 0 Å². The van der Waals surface area contributed by atoms with E-state index in [9.17, 15) is 4.79 Å². The summed E-state index contributed by atoms with van der Waals surface area (Å²) in [5.41, 5.74) is 2.74. The minimum Gasteiger partial charge on any atom is -0.331 e. The second-order valence-corrected chi connectivity index (χ2v) is 7.25. The summed E-state index contributed by atoms with van der Waals surface area (Å²) in [6.07, 6.45) is 3.95. The molecule has 0 spiro atoms. The van der Waals surface area contributed by atoms with Crippen molar-refractivity contribution in [3.8, 4) is 6.07 Å². The molecule has 5 heteroatoms. The Morgan fingerprint density at radius 2 is 2.08 bits per heavy atom. The van der Waals surface area contributed by atoms with Crippen LogP contribution in [-0.2, 0) is 10.5 Å². The fourth-order valence-corrected chi connectivity index (χ4v) is 3.71. The number of thioether (sulfide) groups is 1. The van der Waals surface area contributed by atoms with Crippen LogP contribution in [0.2, 0.25) is 0 Å². The van der Waals surface area contributed by atoms with E-state index < -0.39 is 0 Å². The Labute approximate surface area is 152 Å². The van der Waals surface area contributed by atoms with Gasteiger partial charge in [0.1, 0.15) is 0 Å². The van der Waals surface area contributed by atoms with E-state index in [2.05, 4.69) is 18.0 Å². The highest BCUT2D eigenvalue weighted by Gasteiger charge is 2.36. The average molecular weight is 351 g/mol. The fraction of sp³-hybridized carbons (Fsp3) is 0.350. The first-order valence-electron chi connectivity index (χ1n) is 8.48. The molecular formula is C20H21N3OS. The van der Waals surface area contributed by atoms with E-state index in [1.54, 1.807) is 18.0 Å². The van der Waals surface area contributed by atoms with Crippen LogP contribution < -0.4 is 0 Å². The van der Waals surface area contributed by atoms with E-state index in [0.717, 1.165) is 29.9 Å². The standard InChI is InChI=1S/C20H21N3OS/c1-15(19-4-2-3-11-22-19)23(18-9-10-18)20(24)14-25-13-17-7-5-16(12-21)6-8-17/h2-8,11,15,18H,9-10,13-14H2,1H3/t15-/m0/s1. The number of rotatable bonds is 7. The van der Waals surface area contributed by atoms with Gasteiger partial charge in [-0.05, 0) is 49.6 Å². The average Bonchev–Trinajstić information content (AvgIpc) is 3.48. The Balaban J connectivity index is 1.57. The number of benzene rings is 1. The number of hydrogen-bond acceptors (Lipinski definition) is 4. The van der Waals surface area contributed by atoms with Gasteiger partial charge in [0.15, 0.2) is 0 Å². The van der Waals surface area contributed by atoms with Crippen molar-refractivity contribution in [2.75, 3.05) is 5.75 Å². The minimum atomic E-state index is 0.0108. The van der Waals surface area contributed by atoms with Gasteiger partial charge >= 0.3 is 0 Å². The van der Waals surface area contributed by atoms with Crippen LogP contribution in [0.3, 0.4) is 0 Å². The summed E-state index contributed by atoms with van der Waals surface area (Å²) >= 11 is 1.62. The molecule has 1 fully saturated rings. The lowest BCUT2D eigenvalue weighted by Crippen LogP contribution is -2.37. The van der Waals surface area contributed by atoms with Crippen molar-refractivity contribution >= 4 is 17.7 Å². The quantitative estimate of drug-likeness (QED) is 0.758. The monoisotopic (exact) mass is 351 g/mol. The first kappa shape index (κ1) is 17.5. The maximum Gasteiger partial charge on any atom is 0.233 e. The van der Waals surface area contributed by atoms with Crippen LogP contribution in [0.25, 0.3) is 0 Å². The second kappa shape index (κ2) is 8.17. The number of hydrogen-bond donors (Lipinski definition) is 0. The number of nitriles is 1. The van der Waals surface area contributed by atoms with Crippen LogP contribution in [0.5, 0.6) is 0 Å². The first-order valence-corrected chi connectivity index (χ1v) is 9.63. The molecule has 1 saturated carbocycles. The van der Waals surface area contributed by atoms with Gasteiger partial charge in [0.25, 0.3) is 0 Å². The number of nitrogens with zero attached hydrogens (tertiary/aromatic N) is 3. The summed E-state index contributed by atoms with van der Waals surface area (Å²) in [5, 5.41) is 8.83. The summed E-state index contributed by atoms with van der Waals surface area (Å²) in [7, 11) is 0. The Hall–Kier alpha value is -2.32. The van der Waals surface area contributed by atoms with Gasteiger partial charge in [-0.15, -0.1) is 11.8 Å². The molecule has 128 valence electrons. The van der Waals surface area contributed by atoms with Crippen molar-refractivity contribution < 1.29 is 4.79 Å². The van der Waals surface area contributed by atoms with Crippen LogP contribution in [0, 0.1) is 11.3 Å². The Bertz CT molecular complexity index is 751. The molecule has 0 saturated heterocycles. The highest BCUT2D eigenvalue weighted by Crippen LogP contribution is 2.34. The molecule has 3 rings (SSSR count). The van der Waals surface area contributed by atoms with Crippen molar-refractivity contribution in [3.63, 3.8) is 0 Å². The van der Waals surface area contributed by atoms with Crippen LogP contribution in [0.4, 0.5) is 0 Å². The SMILES string of the molecule is C[C@@H](c1ccccn1)N(C(=O)CSCc1ccc(C#N)cc1)C1CC1. The predicted octanol–water partition coefficient (Wildman–Crippen LogP) is 3.94. The van der Waals surface area contributed by atoms with Crippen molar-refractivity contribution in [1.82, 2.24) is 9.88 Å². The third-order valence-corrected chi connectivity index (χ3v) is 5.33. The van der Waals surface area contributed by atoms with E-state index in [1.807, 2.05) is 47.4 Å². The largest absolute Gasteiger partial charge is 0.331 e. The maximum atomic E-state index is 12.8. The maximum absolute atomic E-state index is 12.8. The van der Waals surface area contributed by atoms with Gasteiger partial charge in [0.2, 0.25) is 5.91 Å². The van der Waals surface area contributed by atoms with E-state index in [-0.39, 0.29) is 11.9 Å².